The van der Waals surface area contributed by atoms with Crippen LogP contribution in [0.5, 0.6) is 0 Å². The summed E-state index contributed by atoms with van der Waals surface area (Å²) in [6.45, 7) is 0.685. The zero-order chi connectivity index (χ0) is 8.27. The fourth-order valence-corrected chi connectivity index (χ4v) is 0.910. The first-order chi connectivity index (χ1) is 5.20. The average molecular weight is 152 g/mol. The highest BCUT2D eigenvalue weighted by atomic mass is 16.5. The van der Waals surface area contributed by atoms with E-state index < -0.39 is 0 Å². The fourth-order valence-electron chi connectivity index (χ4n) is 0.910. The number of hydrogen-bond donors (Lipinski definition) is 0. The van der Waals surface area contributed by atoms with Crippen LogP contribution in [-0.2, 0) is 6.54 Å². The summed E-state index contributed by atoms with van der Waals surface area (Å²) < 4.78 is 0.889. The quantitative estimate of drug-likeness (QED) is 0.453. The molecule has 1 aromatic heterocycles. The topological polar surface area (TPSA) is 30.2 Å². The van der Waals surface area contributed by atoms with Crippen LogP contribution in [0.1, 0.15) is 5.69 Å². The van der Waals surface area contributed by atoms with Crippen molar-refractivity contribution in [1.29, 1.82) is 0 Å². The molecule has 0 saturated heterocycles. The second-order valence-corrected chi connectivity index (χ2v) is 2.76. The molecule has 60 valence electrons. The Bertz CT molecular complexity index is 235. The molecule has 0 spiro atoms. The minimum Gasteiger partial charge on any atom is -0.618 e. The largest absolute Gasteiger partial charge is 0.618 e. The lowest BCUT2D eigenvalue weighted by atomic mass is 10.3. The summed E-state index contributed by atoms with van der Waals surface area (Å²) in [6.07, 6.45) is 1.51. The van der Waals surface area contributed by atoms with E-state index in [-0.39, 0.29) is 0 Å². The molecule has 0 aliphatic rings. The van der Waals surface area contributed by atoms with Gasteiger partial charge in [-0.3, -0.25) is 4.90 Å². The van der Waals surface area contributed by atoms with Crippen LogP contribution in [0.15, 0.2) is 24.4 Å². The molecule has 0 N–H and O–H groups in total. The fraction of sp³-hybridized carbons (Fsp3) is 0.375. The van der Waals surface area contributed by atoms with E-state index in [0.29, 0.717) is 6.54 Å². The molecule has 0 aliphatic heterocycles. The van der Waals surface area contributed by atoms with Crippen molar-refractivity contribution >= 4 is 0 Å². The van der Waals surface area contributed by atoms with E-state index >= 15 is 0 Å². The lowest BCUT2D eigenvalue weighted by Gasteiger charge is -2.08. The highest BCUT2D eigenvalue weighted by molar-refractivity contribution is 4.96. The van der Waals surface area contributed by atoms with Gasteiger partial charge in [0.1, 0.15) is 0 Å². The highest BCUT2D eigenvalue weighted by Gasteiger charge is 2.02. The summed E-state index contributed by atoms with van der Waals surface area (Å²) in [5, 5.41) is 11.0. The van der Waals surface area contributed by atoms with Crippen molar-refractivity contribution in [1.82, 2.24) is 4.90 Å². The van der Waals surface area contributed by atoms with Crippen molar-refractivity contribution in [2.75, 3.05) is 14.1 Å². The number of aromatic nitrogens is 1. The van der Waals surface area contributed by atoms with Gasteiger partial charge in [-0.1, -0.05) is 0 Å². The molecule has 3 nitrogen and oxygen atoms in total. The maximum absolute atomic E-state index is 11.0. The number of rotatable bonds is 2. The Morgan fingerprint density at radius 3 is 2.73 bits per heavy atom. The van der Waals surface area contributed by atoms with Gasteiger partial charge in [-0.25, -0.2) is 0 Å². The molecule has 11 heavy (non-hydrogen) atoms. The van der Waals surface area contributed by atoms with Crippen LogP contribution in [-0.4, -0.2) is 19.0 Å². The molecule has 1 heterocycles. The molecule has 1 rings (SSSR count). The van der Waals surface area contributed by atoms with Crippen LogP contribution in [0.4, 0.5) is 0 Å². The van der Waals surface area contributed by atoms with Crippen molar-refractivity contribution in [2.24, 2.45) is 0 Å². The van der Waals surface area contributed by atoms with Gasteiger partial charge in [0.15, 0.2) is 6.20 Å². The van der Waals surface area contributed by atoms with E-state index in [0.717, 1.165) is 10.4 Å². The van der Waals surface area contributed by atoms with Crippen molar-refractivity contribution in [3.05, 3.63) is 35.3 Å². The van der Waals surface area contributed by atoms with E-state index in [9.17, 15) is 5.21 Å². The Hall–Kier alpha value is -1.09. The molecular formula is C8H12N2O. The third-order valence-corrected chi connectivity index (χ3v) is 1.38. The Morgan fingerprint density at radius 2 is 2.18 bits per heavy atom. The van der Waals surface area contributed by atoms with E-state index in [1.54, 1.807) is 6.07 Å². The molecule has 0 aliphatic carbocycles. The highest BCUT2D eigenvalue weighted by Crippen LogP contribution is 1.93. The second kappa shape index (κ2) is 3.34. The van der Waals surface area contributed by atoms with Gasteiger partial charge in [0.25, 0.3) is 0 Å². The van der Waals surface area contributed by atoms with Gasteiger partial charge in [-0.15, -0.1) is 0 Å². The van der Waals surface area contributed by atoms with Gasteiger partial charge in [0, 0.05) is 12.1 Å². The molecule has 0 amide bonds. The molecule has 0 unspecified atom stereocenters. The van der Waals surface area contributed by atoms with Crippen LogP contribution in [0.3, 0.4) is 0 Å². The minimum absolute atomic E-state index is 0.685. The first-order valence-electron chi connectivity index (χ1n) is 3.52. The lowest BCUT2D eigenvalue weighted by Crippen LogP contribution is -2.33. The maximum atomic E-state index is 11.0. The molecule has 0 saturated carbocycles. The summed E-state index contributed by atoms with van der Waals surface area (Å²) in [5.41, 5.74) is 0.775. The van der Waals surface area contributed by atoms with Crippen LogP contribution in [0.25, 0.3) is 0 Å². The van der Waals surface area contributed by atoms with E-state index in [4.69, 9.17) is 0 Å². The smallest absolute Gasteiger partial charge is 0.206 e. The van der Waals surface area contributed by atoms with Crippen molar-refractivity contribution in [3.8, 4) is 0 Å². The predicted octanol–water partition coefficient (Wildman–Crippen LogP) is 0.382. The molecule has 0 bridgehead atoms. The summed E-state index contributed by atoms with van der Waals surface area (Å²) in [6, 6.07) is 5.42. The molecule has 0 atom stereocenters. The van der Waals surface area contributed by atoms with Gasteiger partial charge >= 0.3 is 0 Å². The van der Waals surface area contributed by atoms with Crippen molar-refractivity contribution < 1.29 is 4.73 Å². The van der Waals surface area contributed by atoms with Crippen LogP contribution < -0.4 is 4.73 Å². The predicted molar refractivity (Wildman–Crippen MR) is 42.8 cm³/mol. The first-order valence-corrected chi connectivity index (χ1v) is 3.52. The minimum atomic E-state index is 0.685. The van der Waals surface area contributed by atoms with Gasteiger partial charge in [-0.2, -0.15) is 4.73 Å². The van der Waals surface area contributed by atoms with Gasteiger partial charge in [0.2, 0.25) is 5.69 Å². The molecule has 0 aromatic carbocycles. The van der Waals surface area contributed by atoms with E-state index in [2.05, 4.69) is 0 Å². The summed E-state index contributed by atoms with van der Waals surface area (Å²) in [4.78, 5) is 1.96. The summed E-state index contributed by atoms with van der Waals surface area (Å²) in [5.74, 6) is 0. The molecule has 0 radical (unpaired) electrons. The number of hydrogen-bond acceptors (Lipinski definition) is 2. The zero-order valence-electron chi connectivity index (χ0n) is 6.82. The maximum Gasteiger partial charge on any atom is 0.206 e. The number of nitrogens with zero attached hydrogens (tertiary/aromatic N) is 2. The van der Waals surface area contributed by atoms with Crippen LogP contribution in [0.2, 0.25) is 0 Å². The lowest BCUT2D eigenvalue weighted by molar-refractivity contribution is -0.615. The third-order valence-electron chi connectivity index (χ3n) is 1.38. The van der Waals surface area contributed by atoms with Crippen LogP contribution >= 0.6 is 0 Å². The Labute approximate surface area is 66.5 Å². The summed E-state index contributed by atoms with van der Waals surface area (Å²) >= 11 is 0. The molecule has 0 fully saturated rings. The number of pyridine rings is 1. The van der Waals surface area contributed by atoms with Crippen molar-refractivity contribution in [2.45, 2.75) is 6.54 Å². The first kappa shape index (κ1) is 8.01. The SMILES string of the molecule is CN(C)Cc1cccc[n+]1[O-]. The molecule has 3 heteroatoms. The van der Waals surface area contributed by atoms with Crippen LogP contribution in [0, 0.1) is 5.21 Å². The summed E-state index contributed by atoms with van der Waals surface area (Å²) in [7, 11) is 3.88. The van der Waals surface area contributed by atoms with Gasteiger partial charge in [0.05, 0.1) is 6.54 Å². The van der Waals surface area contributed by atoms with Gasteiger partial charge < -0.3 is 5.21 Å². The van der Waals surface area contributed by atoms with Gasteiger partial charge in [-0.05, 0) is 20.2 Å². The third kappa shape index (κ3) is 2.20. The Kier molecular flexibility index (Phi) is 2.44. The Morgan fingerprint density at radius 1 is 1.45 bits per heavy atom. The standard InChI is InChI=1S/C8H12N2O/c1-9(2)7-8-5-3-4-6-10(8)11/h3-6H,7H2,1-2H3. The normalized spacial score (nSPS) is 10.5. The second-order valence-electron chi connectivity index (χ2n) is 2.76. The molecular weight excluding hydrogens is 140 g/mol. The monoisotopic (exact) mass is 152 g/mol. The van der Waals surface area contributed by atoms with E-state index in [1.807, 2.05) is 31.1 Å². The Balaban J connectivity index is 2.78. The van der Waals surface area contributed by atoms with E-state index in [1.165, 1.54) is 6.20 Å². The van der Waals surface area contributed by atoms with Crippen molar-refractivity contribution in [3.63, 3.8) is 0 Å². The molecule has 1 aromatic rings. The zero-order valence-corrected chi connectivity index (χ0v) is 6.82. The average Bonchev–Trinajstić information content (AvgIpc) is 1.93.